The second-order valence-corrected chi connectivity index (χ2v) is 5.18. The fraction of sp³-hybridized carbons (Fsp3) is 0.429. The second kappa shape index (κ2) is 4.66. The van der Waals surface area contributed by atoms with Gasteiger partial charge in [0.15, 0.2) is 0 Å². The quantitative estimate of drug-likeness (QED) is 0.757. The first-order chi connectivity index (χ1) is 9.18. The zero-order chi connectivity index (χ0) is 13.4. The van der Waals surface area contributed by atoms with E-state index >= 15 is 0 Å². The second-order valence-electron chi connectivity index (χ2n) is 5.18. The summed E-state index contributed by atoms with van der Waals surface area (Å²) in [7, 11) is 0. The topological polar surface area (TPSA) is 69.6 Å². The Labute approximate surface area is 111 Å². The van der Waals surface area contributed by atoms with Crippen LogP contribution in [0.1, 0.15) is 30.7 Å². The van der Waals surface area contributed by atoms with E-state index in [0.717, 1.165) is 18.4 Å². The molecule has 1 saturated carbocycles. The zero-order valence-electron chi connectivity index (χ0n) is 10.5. The minimum absolute atomic E-state index is 0.140. The van der Waals surface area contributed by atoms with E-state index in [1.165, 1.54) is 0 Å². The predicted octanol–water partition coefficient (Wildman–Crippen LogP) is 1.88. The number of amides is 3. The lowest BCUT2D eigenvalue weighted by molar-refractivity contribution is -0.164. The van der Waals surface area contributed by atoms with Crippen LogP contribution in [0.5, 0.6) is 0 Å². The van der Waals surface area contributed by atoms with E-state index in [1.54, 1.807) is 0 Å². The number of nitrogens with one attached hydrogen (secondary N) is 1. The molecule has 1 saturated heterocycles. The van der Waals surface area contributed by atoms with Crippen molar-refractivity contribution >= 4 is 11.9 Å². The Hall–Kier alpha value is -1.88. The summed E-state index contributed by atoms with van der Waals surface area (Å²) in [6.45, 7) is 0. The summed E-state index contributed by atoms with van der Waals surface area (Å²) in [5.74, 6) is -0.655. The summed E-state index contributed by atoms with van der Waals surface area (Å²) in [6, 6.07) is 9.00. The highest BCUT2D eigenvalue weighted by Gasteiger charge is 2.46. The van der Waals surface area contributed by atoms with Gasteiger partial charge in [0.05, 0.1) is 5.92 Å². The molecule has 5 heteroatoms. The largest absolute Gasteiger partial charge is 0.348 e. The van der Waals surface area contributed by atoms with Crippen LogP contribution in [-0.2, 0) is 4.79 Å². The SMILES string of the molecule is O=C1NC2C(CCCC2c2ccccc2)C(=O)N1O. The van der Waals surface area contributed by atoms with Gasteiger partial charge in [0.25, 0.3) is 5.91 Å². The van der Waals surface area contributed by atoms with Gasteiger partial charge in [-0.25, -0.2) is 4.79 Å². The van der Waals surface area contributed by atoms with Crippen LogP contribution < -0.4 is 5.32 Å². The number of benzene rings is 1. The van der Waals surface area contributed by atoms with Gasteiger partial charge in [0.1, 0.15) is 0 Å². The summed E-state index contributed by atoms with van der Waals surface area (Å²) in [4.78, 5) is 23.5. The fourth-order valence-electron chi connectivity index (χ4n) is 3.21. The van der Waals surface area contributed by atoms with E-state index in [4.69, 9.17) is 0 Å². The summed E-state index contributed by atoms with van der Waals surface area (Å²) in [5.41, 5.74) is 1.14. The number of hydrogen-bond acceptors (Lipinski definition) is 3. The van der Waals surface area contributed by atoms with Crippen LogP contribution in [0.2, 0.25) is 0 Å². The maximum atomic E-state index is 12.0. The van der Waals surface area contributed by atoms with Gasteiger partial charge < -0.3 is 5.32 Å². The molecule has 19 heavy (non-hydrogen) atoms. The summed E-state index contributed by atoms with van der Waals surface area (Å²) < 4.78 is 0. The lowest BCUT2D eigenvalue weighted by Crippen LogP contribution is -2.61. The lowest BCUT2D eigenvalue weighted by Gasteiger charge is -2.42. The first kappa shape index (κ1) is 12.2. The first-order valence-electron chi connectivity index (χ1n) is 6.57. The fourth-order valence-corrected chi connectivity index (χ4v) is 3.21. The predicted molar refractivity (Wildman–Crippen MR) is 67.5 cm³/mol. The minimum atomic E-state index is -0.714. The van der Waals surface area contributed by atoms with Crippen molar-refractivity contribution in [1.29, 1.82) is 0 Å². The molecule has 0 bridgehead atoms. The molecule has 2 aliphatic rings. The Kier molecular flexibility index (Phi) is 2.98. The highest BCUT2D eigenvalue weighted by molar-refractivity contribution is 5.97. The van der Waals surface area contributed by atoms with E-state index in [9.17, 15) is 14.8 Å². The van der Waals surface area contributed by atoms with Gasteiger partial charge in [-0.2, -0.15) is 0 Å². The van der Waals surface area contributed by atoms with Crippen molar-refractivity contribution in [2.24, 2.45) is 5.92 Å². The van der Waals surface area contributed by atoms with Crippen LogP contribution in [0.3, 0.4) is 0 Å². The zero-order valence-corrected chi connectivity index (χ0v) is 10.5. The third kappa shape index (κ3) is 2.00. The van der Waals surface area contributed by atoms with Gasteiger partial charge in [-0.1, -0.05) is 36.8 Å². The average Bonchev–Trinajstić information content (AvgIpc) is 2.45. The van der Waals surface area contributed by atoms with Crippen LogP contribution in [0.25, 0.3) is 0 Å². The summed E-state index contributed by atoms with van der Waals surface area (Å²) in [5, 5.41) is 12.4. The molecule has 3 atom stereocenters. The maximum absolute atomic E-state index is 12.0. The normalized spacial score (nSPS) is 30.8. The monoisotopic (exact) mass is 260 g/mol. The molecule has 3 unspecified atom stereocenters. The van der Waals surface area contributed by atoms with E-state index in [2.05, 4.69) is 5.32 Å². The van der Waals surface area contributed by atoms with Crippen molar-refractivity contribution < 1.29 is 14.8 Å². The number of carbonyl (C=O) groups is 2. The number of imide groups is 1. The minimum Gasteiger partial charge on any atom is -0.332 e. The molecular formula is C14H16N2O3. The molecule has 0 radical (unpaired) electrons. The third-order valence-corrected chi connectivity index (χ3v) is 4.13. The Bertz CT molecular complexity index is 503. The molecule has 1 aliphatic heterocycles. The number of hydrogen-bond donors (Lipinski definition) is 2. The van der Waals surface area contributed by atoms with Gasteiger partial charge in [0, 0.05) is 12.0 Å². The molecule has 1 aromatic carbocycles. The Balaban J connectivity index is 1.91. The number of nitrogens with zero attached hydrogens (tertiary/aromatic N) is 1. The molecule has 1 heterocycles. The molecule has 0 spiro atoms. The molecule has 2 fully saturated rings. The van der Waals surface area contributed by atoms with E-state index in [-0.39, 0.29) is 22.9 Å². The molecule has 3 rings (SSSR count). The van der Waals surface area contributed by atoms with Gasteiger partial charge in [-0.05, 0) is 18.4 Å². The first-order valence-corrected chi connectivity index (χ1v) is 6.57. The third-order valence-electron chi connectivity index (χ3n) is 4.13. The molecular weight excluding hydrogens is 244 g/mol. The van der Waals surface area contributed by atoms with Gasteiger partial charge in [0.2, 0.25) is 0 Å². The van der Waals surface area contributed by atoms with Crippen LogP contribution in [0.4, 0.5) is 4.79 Å². The van der Waals surface area contributed by atoms with Crippen molar-refractivity contribution in [3.8, 4) is 0 Å². The maximum Gasteiger partial charge on any atom is 0.348 e. The van der Waals surface area contributed by atoms with Crippen molar-refractivity contribution in [1.82, 2.24) is 10.4 Å². The van der Waals surface area contributed by atoms with Crippen LogP contribution >= 0.6 is 0 Å². The van der Waals surface area contributed by atoms with Crippen molar-refractivity contribution in [2.45, 2.75) is 31.2 Å². The van der Waals surface area contributed by atoms with E-state index < -0.39 is 11.9 Å². The Morgan fingerprint density at radius 1 is 1.11 bits per heavy atom. The smallest absolute Gasteiger partial charge is 0.332 e. The lowest BCUT2D eigenvalue weighted by atomic mass is 9.72. The van der Waals surface area contributed by atoms with Crippen LogP contribution in [0.15, 0.2) is 30.3 Å². The van der Waals surface area contributed by atoms with E-state index in [1.807, 2.05) is 30.3 Å². The molecule has 100 valence electrons. The van der Waals surface area contributed by atoms with Gasteiger partial charge in [-0.15, -0.1) is 5.06 Å². The Morgan fingerprint density at radius 3 is 2.53 bits per heavy atom. The average molecular weight is 260 g/mol. The van der Waals surface area contributed by atoms with E-state index in [0.29, 0.717) is 6.42 Å². The Morgan fingerprint density at radius 2 is 1.79 bits per heavy atom. The van der Waals surface area contributed by atoms with Gasteiger partial charge >= 0.3 is 6.03 Å². The summed E-state index contributed by atoms with van der Waals surface area (Å²) in [6.07, 6.45) is 2.59. The molecule has 1 aliphatic carbocycles. The molecule has 0 aromatic heterocycles. The number of hydroxylamine groups is 2. The number of urea groups is 1. The van der Waals surface area contributed by atoms with Gasteiger partial charge in [-0.3, -0.25) is 10.0 Å². The molecule has 2 N–H and O–H groups in total. The number of fused-ring (bicyclic) bond motifs is 1. The number of rotatable bonds is 1. The molecule has 3 amide bonds. The van der Waals surface area contributed by atoms with Crippen LogP contribution in [-0.4, -0.2) is 28.3 Å². The highest BCUT2D eigenvalue weighted by Crippen LogP contribution is 2.38. The molecule has 1 aromatic rings. The molecule has 5 nitrogen and oxygen atoms in total. The van der Waals surface area contributed by atoms with Crippen LogP contribution in [0, 0.1) is 5.92 Å². The van der Waals surface area contributed by atoms with Crippen molar-refractivity contribution in [3.05, 3.63) is 35.9 Å². The van der Waals surface area contributed by atoms with Crippen molar-refractivity contribution in [2.75, 3.05) is 0 Å². The standard InChI is InChI=1S/C14H16N2O3/c17-13-11-8-4-7-10(9-5-2-1-3-6-9)12(11)15-14(18)16(13)19/h1-3,5-6,10-12,19H,4,7-8H2,(H,15,18). The summed E-state index contributed by atoms with van der Waals surface area (Å²) >= 11 is 0. The van der Waals surface area contributed by atoms with Crippen molar-refractivity contribution in [3.63, 3.8) is 0 Å². The number of carbonyl (C=O) groups excluding carboxylic acids is 2. The highest BCUT2D eigenvalue weighted by atomic mass is 16.5.